The normalized spacial score (nSPS) is 16.6. The molecule has 1 amide bonds. The van der Waals surface area contributed by atoms with Gasteiger partial charge >= 0.3 is 5.97 Å². The summed E-state index contributed by atoms with van der Waals surface area (Å²) in [5, 5.41) is 11.5. The predicted octanol–water partition coefficient (Wildman–Crippen LogP) is 3.95. The number of nitrogens with two attached hydrogens (primary N) is 1. The van der Waals surface area contributed by atoms with Gasteiger partial charge in [-0.3, -0.25) is 9.59 Å². The zero-order chi connectivity index (χ0) is 22.7. The first-order chi connectivity index (χ1) is 15.4. The zero-order valence-electron chi connectivity index (χ0n) is 18.0. The number of carbonyl (C=O) groups is 2. The third-order valence-corrected chi connectivity index (χ3v) is 5.35. The van der Waals surface area contributed by atoms with E-state index in [1.54, 1.807) is 31.4 Å². The Balaban J connectivity index is 1.30. The molecule has 8 heteroatoms. The number of nitrogen functional groups attached to an aromatic ring is 1. The Morgan fingerprint density at radius 2 is 1.72 bits per heavy atom. The maximum atomic E-state index is 12.3. The molecule has 0 aromatic heterocycles. The third kappa shape index (κ3) is 4.54. The first-order valence-corrected chi connectivity index (χ1v) is 10.3. The van der Waals surface area contributed by atoms with Crippen LogP contribution in [-0.4, -0.2) is 31.3 Å². The quantitative estimate of drug-likeness (QED) is 0.329. The molecular weight excluding hydrogens is 408 g/mol. The standard InChI is InChI=1S/C24H26N4O4/c1-24(27-19-5-3-4-17-18(25)10-11-20(28-24)23(17)19)14-32-22(30)13-12-21(29)26-15-6-8-16(31-2)9-7-15/h3-11,27-28H,12-14,25H2,1-2H3,(H,26,29). The van der Waals surface area contributed by atoms with Gasteiger partial charge in [-0.05, 0) is 49.4 Å². The molecule has 0 fully saturated rings. The Hall–Kier alpha value is -3.94. The molecule has 0 aliphatic carbocycles. The minimum absolute atomic E-state index is 0.0131. The van der Waals surface area contributed by atoms with Crippen LogP contribution in [0, 0.1) is 0 Å². The summed E-state index contributed by atoms with van der Waals surface area (Å²) in [4.78, 5) is 24.4. The summed E-state index contributed by atoms with van der Waals surface area (Å²) in [6.45, 7) is 2.00. The van der Waals surface area contributed by atoms with E-state index in [2.05, 4.69) is 16.0 Å². The van der Waals surface area contributed by atoms with E-state index >= 15 is 0 Å². The number of anilines is 4. The number of carbonyl (C=O) groups excluding carboxylic acids is 2. The monoisotopic (exact) mass is 434 g/mol. The topological polar surface area (TPSA) is 115 Å². The molecule has 1 atom stereocenters. The van der Waals surface area contributed by atoms with Gasteiger partial charge in [-0.25, -0.2) is 0 Å². The Morgan fingerprint density at radius 1 is 1.00 bits per heavy atom. The van der Waals surface area contributed by atoms with Crippen molar-refractivity contribution in [1.29, 1.82) is 0 Å². The number of hydrogen-bond acceptors (Lipinski definition) is 7. The fourth-order valence-corrected chi connectivity index (χ4v) is 3.75. The molecule has 1 aliphatic heterocycles. The van der Waals surface area contributed by atoms with E-state index in [1.807, 2.05) is 37.3 Å². The smallest absolute Gasteiger partial charge is 0.306 e. The number of esters is 1. The SMILES string of the molecule is COc1ccc(NC(=O)CCC(=O)OCC2(C)Nc3cccc4c(N)ccc(c34)N2)cc1. The lowest BCUT2D eigenvalue weighted by Crippen LogP contribution is -2.49. The highest BCUT2D eigenvalue weighted by molar-refractivity contribution is 6.09. The molecule has 32 heavy (non-hydrogen) atoms. The largest absolute Gasteiger partial charge is 0.497 e. The molecular formula is C24H26N4O4. The number of benzene rings is 3. The van der Waals surface area contributed by atoms with Gasteiger partial charge in [0.2, 0.25) is 5.91 Å². The summed E-state index contributed by atoms with van der Waals surface area (Å²) in [5.41, 5.74) is 8.58. The Kier molecular flexibility index (Phi) is 5.77. The molecule has 3 aromatic rings. The lowest BCUT2D eigenvalue weighted by atomic mass is 9.99. The maximum absolute atomic E-state index is 12.3. The number of nitrogens with one attached hydrogen (secondary N) is 3. The fourth-order valence-electron chi connectivity index (χ4n) is 3.75. The van der Waals surface area contributed by atoms with E-state index < -0.39 is 11.6 Å². The van der Waals surface area contributed by atoms with Gasteiger partial charge in [0.05, 0.1) is 13.5 Å². The summed E-state index contributed by atoms with van der Waals surface area (Å²) >= 11 is 0. The van der Waals surface area contributed by atoms with Gasteiger partial charge in [0.15, 0.2) is 0 Å². The second-order valence-electron chi connectivity index (χ2n) is 7.95. The number of methoxy groups -OCH3 is 1. The predicted molar refractivity (Wildman–Crippen MR) is 126 cm³/mol. The van der Waals surface area contributed by atoms with Crippen molar-refractivity contribution >= 4 is 45.4 Å². The van der Waals surface area contributed by atoms with Crippen LogP contribution in [0.25, 0.3) is 10.8 Å². The summed E-state index contributed by atoms with van der Waals surface area (Å²) in [5.74, 6) is -0.00112. The van der Waals surface area contributed by atoms with Gasteiger partial charge in [0.1, 0.15) is 18.0 Å². The second-order valence-corrected chi connectivity index (χ2v) is 7.95. The van der Waals surface area contributed by atoms with Gasteiger partial charge in [-0.15, -0.1) is 0 Å². The van der Waals surface area contributed by atoms with Crippen molar-refractivity contribution < 1.29 is 19.1 Å². The van der Waals surface area contributed by atoms with E-state index in [1.165, 1.54) is 0 Å². The average Bonchev–Trinajstić information content (AvgIpc) is 2.79. The van der Waals surface area contributed by atoms with Crippen LogP contribution >= 0.6 is 0 Å². The molecule has 5 N–H and O–H groups in total. The van der Waals surface area contributed by atoms with E-state index in [0.717, 1.165) is 22.1 Å². The molecule has 3 aromatic carbocycles. The summed E-state index contributed by atoms with van der Waals surface area (Å²) < 4.78 is 10.6. The first-order valence-electron chi connectivity index (χ1n) is 10.3. The van der Waals surface area contributed by atoms with Crippen LogP contribution in [0.5, 0.6) is 5.75 Å². The van der Waals surface area contributed by atoms with Crippen LogP contribution in [0.2, 0.25) is 0 Å². The molecule has 0 saturated heterocycles. The molecule has 1 heterocycles. The number of ether oxygens (including phenoxy) is 2. The van der Waals surface area contributed by atoms with Gasteiger partial charge in [0, 0.05) is 39.9 Å². The lowest BCUT2D eigenvalue weighted by Gasteiger charge is -2.38. The van der Waals surface area contributed by atoms with Crippen LogP contribution in [-0.2, 0) is 14.3 Å². The Morgan fingerprint density at radius 3 is 2.44 bits per heavy atom. The Labute approximate surface area is 186 Å². The molecule has 1 unspecified atom stereocenters. The number of rotatable bonds is 7. The molecule has 4 rings (SSSR count). The summed E-state index contributed by atoms with van der Waals surface area (Å²) in [6.07, 6.45) is 0.0185. The van der Waals surface area contributed by atoms with E-state index in [-0.39, 0.29) is 25.4 Å². The van der Waals surface area contributed by atoms with Crippen molar-refractivity contribution in [3.63, 3.8) is 0 Å². The molecule has 8 nitrogen and oxygen atoms in total. The molecule has 166 valence electrons. The van der Waals surface area contributed by atoms with Crippen molar-refractivity contribution in [2.75, 3.05) is 35.4 Å². The van der Waals surface area contributed by atoms with Gasteiger partial charge in [-0.1, -0.05) is 12.1 Å². The maximum Gasteiger partial charge on any atom is 0.306 e. The molecule has 1 aliphatic rings. The summed E-state index contributed by atoms with van der Waals surface area (Å²) in [7, 11) is 1.58. The highest BCUT2D eigenvalue weighted by Crippen LogP contribution is 2.40. The molecule has 0 bridgehead atoms. The fraction of sp³-hybridized carbons (Fsp3) is 0.250. The van der Waals surface area contributed by atoms with Gasteiger partial charge in [0.25, 0.3) is 0 Å². The average molecular weight is 434 g/mol. The third-order valence-electron chi connectivity index (χ3n) is 5.35. The zero-order valence-corrected chi connectivity index (χ0v) is 18.0. The number of hydrogen-bond donors (Lipinski definition) is 4. The highest BCUT2D eigenvalue weighted by Gasteiger charge is 2.31. The van der Waals surface area contributed by atoms with E-state index in [4.69, 9.17) is 15.2 Å². The van der Waals surface area contributed by atoms with E-state index in [9.17, 15) is 9.59 Å². The number of amides is 1. The minimum Gasteiger partial charge on any atom is -0.497 e. The van der Waals surface area contributed by atoms with Crippen molar-refractivity contribution in [2.45, 2.75) is 25.4 Å². The summed E-state index contributed by atoms with van der Waals surface area (Å²) in [6, 6.07) is 16.6. The van der Waals surface area contributed by atoms with Gasteiger partial charge < -0.3 is 31.2 Å². The first kappa shape index (κ1) is 21.3. The van der Waals surface area contributed by atoms with Crippen molar-refractivity contribution in [3.05, 3.63) is 54.6 Å². The van der Waals surface area contributed by atoms with Crippen molar-refractivity contribution in [2.24, 2.45) is 0 Å². The van der Waals surface area contributed by atoms with E-state index in [0.29, 0.717) is 17.1 Å². The molecule has 0 spiro atoms. The second kappa shape index (κ2) is 8.66. The lowest BCUT2D eigenvalue weighted by molar-refractivity contribution is -0.145. The van der Waals surface area contributed by atoms with Crippen LogP contribution in [0.3, 0.4) is 0 Å². The van der Waals surface area contributed by atoms with Crippen LogP contribution in [0.15, 0.2) is 54.6 Å². The molecule has 0 radical (unpaired) electrons. The Bertz CT molecular complexity index is 1150. The van der Waals surface area contributed by atoms with Gasteiger partial charge in [-0.2, -0.15) is 0 Å². The van der Waals surface area contributed by atoms with Crippen molar-refractivity contribution in [3.8, 4) is 5.75 Å². The highest BCUT2D eigenvalue weighted by atomic mass is 16.5. The van der Waals surface area contributed by atoms with Crippen molar-refractivity contribution in [1.82, 2.24) is 0 Å². The minimum atomic E-state index is -0.696. The molecule has 0 saturated carbocycles. The van der Waals surface area contributed by atoms with Crippen LogP contribution in [0.4, 0.5) is 22.7 Å². The van der Waals surface area contributed by atoms with Crippen LogP contribution < -0.4 is 26.4 Å². The van der Waals surface area contributed by atoms with Crippen LogP contribution in [0.1, 0.15) is 19.8 Å².